The zero-order valence-electron chi connectivity index (χ0n) is 8.18. The highest BCUT2D eigenvalue weighted by atomic mass is 19.3. The number of hydrogen-bond donors (Lipinski definition) is 2. The topological polar surface area (TPSA) is 86.0 Å². The molecule has 0 saturated carbocycles. The lowest BCUT2D eigenvalue weighted by Gasteiger charge is -2.03. The quantitative estimate of drug-likeness (QED) is 0.456. The third-order valence-corrected chi connectivity index (χ3v) is 1.49. The first kappa shape index (κ1) is 11.9. The van der Waals surface area contributed by atoms with Crippen molar-refractivity contribution in [2.45, 2.75) is 6.61 Å². The zero-order chi connectivity index (χ0) is 12.0. The smallest absolute Gasteiger partial charge is 0.387 e. The lowest BCUT2D eigenvalue weighted by atomic mass is 10.2. The maximum absolute atomic E-state index is 11.8. The van der Waals surface area contributed by atoms with Gasteiger partial charge in [0.15, 0.2) is 0 Å². The summed E-state index contributed by atoms with van der Waals surface area (Å²) in [6, 6.07) is 5.87. The third kappa shape index (κ3) is 4.36. The monoisotopic (exact) mass is 228 g/mol. The van der Waals surface area contributed by atoms with Crippen molar-refractivity contribution in [1.29, 1.82) is 0 Å². The van der Waals surface area contributed by atoms with Crippen molar-refractivity contribution in [3.63, 3.8) is 0 Å². The number of halogens is 2. The van der Waals surface area contributed by atoms with Gasteiger partial charge in [-0.1, -0.05) is 0 Å². The van der Waals surface area contributed by atoms with E-state index in [0.717, 1.165) is 0 Å². The van der Waals surface area contributed by atoms with Gasteiger partial charge < -0.3 is 16.2 Å². The molecule has 1 rings (SSSR count). The van der Waals surface area contributed by atoms with Crippen LogP contribution in [0.2, 0.25) is 0 Å². The van der Waals surface area contributed by atoms with Gasteiger partial charge >= 0.3 is 6.61 Å². The Morgan fingerprint density at radius 1 is 1.25 bits per heavy atom. The molecule has 0 aliphatic carbocycles. The molecule has 86 valence electrons. The third-order valence-electron chi connectivity index (χ3n) is 1.49. The Hall–Kier alpha value is -2.18. The molecule has 0 aromatic heterocycles. The molecule has 0 unspecified atom stereocenters. The summed E-state index contributed by atoms with van der Waals surface area (Å²) >= 11 is 0. The van der Waals surface area contributed by atoms with E-state index in [-0.39, 0.29) is 11.7 Å². The van der Waals surface area contributed by atoms with E-state index in [1.54, 1.807) is 12.1 Å². The average Bonchev–Trinajstić information content (AvgIpc) is 2.19. The fourth-order valence-electron chi connectivity index (χ4n) is 0.898. The molecule has 0 spiro atoms. The first-order valence-electron chi connectivity index (χ1n) is 4.25. The predicted molar refractivity (Wildman–Crippen MR) is 56.5 cm³/mol. The van der Waals surface area contributed by atoms with Crippen molar-refractivity contribution in [3.05, 3.63) is 29.8 Å². The number of rotatable bonds is 4. The molecule has 0 radical (unpaired) electrons. The van der Waals surface area contributed by atoms with Crippen LogP contribution in [-0.4, -0.2) is 18.8 Å². The SMILES string of the molecule is NC(N)=N/N=C\c1ccc(OC(F)F)cc1. The van der Waals surface area contributed by atoms with Crippen molar-refractivity contribution >= 4 is 12.2 Å². The van der Waals surface area contributed by atoms with Gasteiger partial charge in [-0.3, -0.25) is 0 Å². The molecule has 0 aliphatic rings. The Kier molecular flexibility index (Phi) is 4.19. The molecule has 7 heteroatoms. The van der Waals surface area contributed by atoms with Crippen LogP contribution in [0.3, 0.4) is 0 Å². The Morgan fingerprint density at radius 3 is 2.38 bits per heavy atom. The van der Waals surface area contributed by atoms with Gasteiger partial charge in [0.25, 0.3) is 0 Å². The second-order valence-corrected chi connectivity index (χ2v) is 2.72. The van der Waals surface area contributed by atoms with Crippen LogP contribution in [0.5, 0.6) is 5.75 Å². The first-order chi connectivity index (χ1) is 7.58. The zero-order valence-corrected chi connectivity index (χ0v) is 8.18. The normalized spacial score (nSPS) is 10.7. The van der Waals surface area contributed by atoms with Crippen LogP contribution >= 0.6 is 0 Å². The number of benzene rings is 1. The van der Waals surface area contributed by atoms with Gasteiger partial charge in [0.05, 0.1) is 6.21 Å². The minimum atomic E-state index is -2.83. The molecule has 1 aromatic rings. The average molecular weight is 228 g/mol. The first-order valence-corrected chi connectivity index (χ1v) is 4.25. The molecule has 0 heterocycles. The highest BCUT2D eigenvalue weighted by molar-refractivity contribution is 5.81. The Balaban J connectivity index is 2.64. The number of guanidine groups is 1. The lowest BCUT2D eigenvalue weighted by Crippen LogP contribution is -2.21. The van der Waals surface area contributed by atoms with Crippen molar-refractivity contribution in [2.24, 2.45) is 21.7 Å². The summed E-state index contributed by atoms with van der Waals surface area (Å²) in [5.74, 6) is -0.0807. The highest BCUT2D eigenvalue weighted by Crippen LogP contribution is 2.13. The second kappa shape index (κ2) is 5.64. The van der Waals surface area contributed by atoms with Crippen molar-refractivity contribution < 1.29 is 13.5 Å². The highest BCUT2D eigenvalue weighted by Gasteiger charge is 2.02. The summed E-state index contributed by atoms with van der Waals surface area (Å²) in [5, 5.41) is 6.94. The second-order valence-electron chi connectivity index (χ2n) is 2.72. The van der Waals surface area contributed by atoms with Crippen LogP contribution in [0.15, 0.2) is 34.5 Å². The largest absolute Gasteiger partial charge is 0.435 e. The summed E-state index contributed by atoms with van der Waals surface area (Å²) in [6.45, 7) is -2.83. The fourth-order valence-corrected chi connectivity index (χ4v) is 0.898. The summed E-state index contributed by atoms with van der Waals surface area (Å²) in [6.07, 6.45) is 1.38. The fraction of sp³-hybridized carbons (Fsp3) is 0.111. The van der Waals surface area contributed by atoms with Crippen molar-refractivity contribution in [1.82, 2.24) is 0 Å². The Labute approximate surface area is 90.4 Å². The number of hydrogen-bond acceptors (Lipinski definition) is 3. The van der Waals surface area contributed by atoms with Crippen molar-refractivity contribution in [2.75, 3.05) is 0 Å². The van der Waals surface area contributed by atoms with E-state index in [4.69, 9.17) is 11.5 Å². The molecule has 0 fully saturated rings. The molecule has 0 saturated heterocycles. The van der Waals surface area contributed by atoms with Gasteiger partial charge in [0.2, 0.25) is 5.96 Å². The van der Waals surface area contributed by atoms with Gasteiger partial charge in [0, 0.05) is 0 Å². The molecule has 0 atom stereocenters. The predicted octanol–water partition coefficient (Wildman–Crippen LogP) is 0.895. The van der Waals surface area contributed by atoms with Gasteiger partial charge in [-0.05, 0) is 29.8 Å². The van der Waals surface area contributed by atoms with E-state index in [9.17, 15) is 8.78 Å². The Morgan fingerprint density at radius 2 is 1.88 bits per heavy atom. The van der Waals surface area contributed by atoms with Gasteiger partial charge in [-0.15, -0.1) is 5.10 Å². The molecule has 16 heavy (non-hydrogen) atoms. The maximum atomic E-state index is 11.8. The van der Waals surface area contributed by atoms with E-state index in [1.165, 1.54) is 18.3 Å². The maximum Gasteiger partial charge on any atom is 0.387 e. The van der Waals surface area contributed by atoms with Gasteiger partial charge in [-0.2, -0.15) is 13.9 Å². The summed E-state index contributed by atoms with van der Waals surface area (Å²) < 4.78 is 27.8. The molecule has 0 bridgehead atoms. The van der Waals surface area contributed by atoms with E-state index < -0.39 is 6.61 Å². The van der Waals surface area contributed by atoms with E-state index in [0.29, 0.717) is 5.56 Å². The molecular weight excluding hydrogens is 218 g/mol. The molecular formula is C9H10F2N4O. The molecule has 0 amide bonds. The minimum absolute atomic E-state index is 0.0778. The van der Waals surface area contributed by atoms with E-state index in [2.05, 4.69) is 14.9 Å². The number of ether oxygens (including phenoxy) is 1. The van der Waals surface area contributed by atoms with Gasteiger partial charge in [-0.25, -0.2) is 0 Å². The van der Waals surface area contributed by atoms with Crippen LogP contribution < -0.4 is 16.2 Å². The van der Waals surface area contributed by atoms with Crippen LogP contribution in [0, 0.1) is 0 Å². The summed E-state index contributed by atoms with van der Waals surface area (Å²) in [7, 11) is 0. The molecule has 4 N–H and O–H groups in total. The Bertz CT molecular complexity index is 385. The van der Waals surface area contributed by atoms with Crippen LogP contribution in [0.4, 0.5) is 8.78 Å². The summed E-state index contributed by atoms with van der Waals surface area (Å²) in [5.41, 5.74) is 10.8. The van der Waals surface area contributed by atoms with Crippen LogP contribution in [0.1, 0.15) is 5.56 Å². The number of nitrogens with two attached hydrogens (primary N) is 2. The minimum Gasteiger partial charge on any atom is -0.435 e. The van der Waals surface area contributed by atoms with Crippen LogP contribution in [-0.2, 0) is 0 Å². The summed E-state index contributed by atoms with van der Waals surface area (Å²) in [4.78, 5) is 0. The molecule has 1 aromatic carbocycles. The standard InChI is InChI=1S/C9H10F2N4O/c10-8(11)16-7-3-1-6(2-4-7)5-14-15-9(12)13/h1-5,8H,(H4,12,13,15)/b14-5-. The molecule has 0 aliphatic heterocycles. The number of alkyl halides is 2. The van der Waals surface area contributed by atoms with E-state index in [1.807, 2.05) is 0 Å². The van der Waals surface area contributed by atoms with E-state index >= 15 is 0 Å². The molecule has 5 nitrogen and oxygen atoms in total. The lowest BCUT2D eigenvalue weighted by molar-refractivity contribution is -0.0498. The van der Waals surface area contributed by atoms with Gasteiger partial charge in [0.1, 0.15) is 5.75 Å². The number of nitrogens with zero attached hydrogens (tertiary/aromatic N) is 2. The van der Waals surface area contributed by atoms with Crippen molar-refractivity contribution in [3.8, 4) is 5.75 Å². The van der Waals surface area contributed by atoms with Crippen LogP contribution in [0.25, 0.3) is 0 Å².